The lowest BCUT2D eigenvalue weighted by Gasteiger charge is -2.03. The number of non-ortho nitro benzene ring substituents is 1. The summed E-state index contributed by atoms with van der Waals surface area (Å²) in [5.41, 5.74) is 4.93. The smallest absolute Gasteiger partial charge is 0.269 e. The van der Waals surface area contributed by atoms with E-state index in [9.17, 15) is 14.5 Å². The first-order chi connectivity index (χ1) is 9.56. The molecule has 102 valence electrons. The summed E-state index contributed by atoms with van der Waals surface area (Å²) in [5.74, 6) is -0.301. The maximum atomic E-state index is 12.8. The van der Waals surface area contributed by atoms with Gasteiger partial charge in [0.05, 0.1) is 16.3 Å². The van der Waals surface area contributed by atoms with Gasteiger partial charge in [-0.25, -0.2) is 4.39 Å². The molecule has 1 N–H and O–H groups in total. The molecule has 0 heterocycles. The number of benzene rings is 2. The lowest BCUT2D eigenvalue weighted by Crippen LogP contribution is -1.99. The van der Waals surface area contributed by atoms with Crippen LogP contribution < -0.4 is 5.43 Å². The van der Waals surface area contributed by atoms with Crippen LogP contribution in [0.5, 0.6) is 0 Å². The maximum Gasteiger partial charge on any atom is 0.269 e. The van der Waals surface area contributed by atoms with Crippen molar-refractivity contribution in [2.75, 3.05) is 5.43 Å². The second-order valence-electron chi connectivity index (χ2n) is 4.12. The molecule has 0 bridgehead atoms. The van der Waals surface area contributed by atoms with E-state index >= 15 is 0 Å². The second-order valence-corrected chi connectivity index (χ2v) is 4.12. The molecule has 6 heteroatoms. The Morgan fingerprint density at radius 2 is 1.75 bits per heavy atom. The first-order valence-corrected chi connectivity index (χ1v) is 5.87. The van der Waals surface area contributed by atoms with Gasteiger partial charge in [-0.05, 0) is 36.8 Å². The van der Waals surface area contributed by atoms with Gasteiger partial charge in [-0.15, -0.1) is 0 Å². The number of hydrogen-bond acceptors (Lipinski definition) is 4. The van der Waals surface area contributed by atoms with E-state index in [4.69, 9.17) is 0 Å². The van der Waals surface area contributed by atoms with Gasteiger partial charge in [0.15, 0.2) is 0 Å². The van der Waals surface area contributed by atoms with Gasteiger partial charge in [-0.2, -0.15) is 5.10 Å². The van der Waals surface area contributed by atoms with E-state index in [2.05, 4.69) is 10.5 Å². The SMILES string of the molecule is C/C(=N\Nc1ccc([N+](=O)[O-])cc1)c1ccc(F)cc1. The Hall–Kier alpha value is -2.76. The molecular weight excluding hydrogens is 261 g/mol. The minimum atomic E-state index is -0.461. The molecule has 2 aromatic carbocycles. The molecule has 0 saturated heterocycles. The molecule has 0 aliphatic carbocycles. The molecule has 0 atom stereocenters. The predicted octanol–water partition coefficient (Wildman–Crippen LogP) is 3.57. The number of hydrazone groups is 1. The van der Waals surface area contributed by atoms with Crippen molar-refractivity contribution in [1.82, 2.24) is 0 Å². The summed E-state index contributed by atoms with van der Waals surface area (Å²) >= 11 is 0. The van der Waals surface area contributed by atoms with Gasteiger partial charge in [0, 0.05) is 12.1 Å². The number of rotatable bonds is 4. The van der Waals surface area contributed by atoms with Gasteiger partial charge < -0.3 is 0 Å². The predicted molar refractivity (Wildman–Crippen MR) is 75.3 cm³/mol. The molecule has 0 fully saturated rings. The fraction of sp³-hybridized carbons (Fsp3) is 0.0714. The van der Waals surface area contributed by atoms with Gasteiger partial charge in [0.2, 0.25) is 0 Å². The minimum Gasteiger partial charge on any atom is -0.278 e. The van der Waals surface area contributed by atoms with Gasteiger partial charge in [-0.1, -0.05) is 12.1 Å². The number of anilines is 1. The van der Waals surface area contributed by atoms with E-state index in [0.717, 1.165) is 5.56 Å². The second kappa shape index (κ2) is 5.92. The van der Waals surface area contributed by atoms with Crippen LogP contribution in [0.1, 0.15) is 12.5 Å². The van der Waals surface area contributed by atoms with E-state index in [0.29, 0.717) is 11.4 Å². The van der Waals surface area contributed by atoms with Crippen molar-refractivity contribution in [3.8, 4) is 0 Å². The number of nitrogens with zero attached hydrogens (tertiary/aromatic N) is 2. The standard InChI is InChI=1S/C14H12FN3O2/c1-10(11-2-4-12(15)5-3-11)16-17-13-6-8-14(9-7-13)18(19)20/h2-9,17H,1H3/b16-10+. The molecule has 0 unspecified atom stereocenters. The van der Waals surface area contributed by atoms with Crippen LogP contribution in [0.25, 0.3) is 0 Å². The van der Waals surface area contributed by atoms with Crippen molar-refractivity contribution in [3.05, 3.63) is 70.0 Å². The lowest BCUT2D eigenvalue weighted by molar-refractivity contribution is -0.384. The van der Waals surface area contributed by atoms with Gasteiger partial charge in [-0.3, -0.25) is 15.5 Å². The van der Waals surface area contributed by atoms with Crippen molar-refractivity contribution in [2.45, 2.75) is 6.92 Å². The highest BCUT2D eigenvalue weighted by Crippen LogP contribution is 2.15. The molecule has 0 aromatic heterocycles. The number of nitro benzene ring substituents is 1. The van der Waals surface area contributed by atoms with E-state index < -0.39 is 4.92 Å². The summed E-state index contributed by atoms with van der Waals surface area (Å²) in [7, 11) is 0. The van der Waals surface area contributed by atoms with Crippen LogP contribution >= 0.6 is 0 Å². The average molecular weight is 273 g/mol. The highest BCUT2D eigenvalue weighted by Gasteiger charge is 2.03. The van der Waals surface area contributed by atoms with Crippen molar-refractivity contribution >= 4 is 17.1 Å². The fourth-order valence-corrected chi connectivity index (χ4v) is 1.56. The Morgan fingerprint density at radius 3 is 2.30 bits per heavy atom. The Balaban J connectivity index is 2.08. The lowest BCUT2D eigenvalue weighted by atomic mass is 10.1. The Labute approximate surface area is 114 Å². The van der Waals surface area contributed by atoms with Crippen LogP contribution in [0.3, 0.4) is 0 Å². The Bertz CT molecular complexity index is 636. The Kier molecular flexibility index (Phi) is 4.05. The first-order valence-electron chi connectivity index (χ1n) is 5.87. The number of halogens is 1. The zero-order valence-corrected chi connectivity index (χ0v) is 10.7. The van der Waals surface area contributed by atoms with Crippen LogP contribution in [0.15, 0.2) is 53.6 Å². The first kappa shape index (κ1) is 13.7. The van der Waals surface area contributed by atoms with Crippen LogP contribution in [-0.2, 0) is 0 Å². The highest BCUT2D eigenvalue weighted by molar-refractivity contribution is 5.99. The Morgan fingerprint density at radius 1 is 1.15 bits per heavy atom. The molecule has 20 heavy (non-hydrogen) atoms. The van der Waals surface area contributed by atoms with E-state index in [-0.39, 0.29) is 11.5 Å². The summed E-state index contributed by atoms with van der Waals surface area (Å²) in [6.45, 7) is 1.78. The van der Waals surface area contributed by atoms with Crippen molar-refractivity contribution in [2.24, 2.45) is 5.10 Å². The number of nitro groups is 1. The molecule has 0 radical (unpaired) electrons. The molecule has 0 aliphatic rings. The molecular formula is C14H12FN3O2. The fourth-order valence-electron chi connectivity index (χ4n) is 1.56. The molecule has 0 aliphatic heterocycles. The average Bonchev–Trinajstić information content (AvgIpc) is 2.46. The molecule has 0 saturated carbocycles. The number of hydrogen-bond donors (Lipinski definition) is 1. The van der Waals surface area contributed by atoms with Crippen LogP contribution in [0, 0.1) is 15.9 Å². The van der Waals surface area contributed by atoms with Crippen LogP contribution in [0.2, 0.25) is 0 Å². The zero-order valence-electron chi connectivity index (χ0n) is 10.7. The molecule has 0 amide bonds. The van der Waals surface area contributed by atoms with Crippen molar-refractivity contribution < 1.29 is 9.31 Å². The number of nitrogens with one attached hydrogen (secondary N) is 1. The van der Waals surface area contributed by atoms with Crippen molar-refractivity contribution in [3.63, 3.8) is 0 Å². The largest absolute Gasteiger partial charge is 0.278 e. The molecule has 2 rings (SSSR count). The minimum absolute atomic E-state index is 0.0230. The maximum absolute atomic E-state index is 12.8. The topological polar surface area (TPSA) is 67.5 Å². The summed E-state index contributed by atoms with van der Waals surface area (Å²) in [4.78, 5) is 10.1. The third kappa shape index (κ3) is 3.38. The quantitative estimate of drug-likeness (QED) is 0.526. The highest BCUT2D eigenvalue weighted by atomic mass is 19.1. The zero-order chi connectivity index (χ0) is 14.5. The van der Waals surface area contributed by atoms with E-state index in [1.165, 1.54) is 24.3 Å². The third-order valence-corrected chi connectivity index (χ3v) is 2.69. The summed E-state index contributed by atoms with van der Waals surface area (Å²) < 4.78 is 12.8. The normalized spacial score (nSPS) is 11.2. The van der Waals surface area contributed by atoms with Crippen molar-refractivity contribution in [1.29, 1.82) is 0 Å². The molecule has 0 spiro atoms. The van der Waals surface area contributed by atoms with Gasteiger partial charge in [0.1, 0.15) is 5.82 Å². The molecule has 5 nitrogen and oxygen atoms in total. The monoisotopic (exact) mass is 273 g/mol. The van der Waals surface area contributed by atoms with Gasteiger partial charge >= 0.3 is 0 Å². The third-order valence-electron chi connectivity index (χ3n) is 2.69. The summed E-state index contributed by atoms with van der Waals surface area (Å²) in [5, 5.41) is 14.7. The van der Waals surface area contributed by atoms with E-state index in [1.807, 2.05) is 0 Å². The molecule has 2 aromatic rings. The van der Waals surface area contributed by atoms with Crippen LogP contribution in [0.4, 0.5) is 15.8 Å². The van der Waals surface area contributed by atoms with Gasteiger partial charge in [0.25, 0.3) is 5.69 Å². The summed E-state index contributed by atoms with van der Waals surface area (Å²) in [6, 6.07) is 11.9. The van der Waals surface area contributed by atoms with E-state index in [1.54, 1.807) is 31.2 Å². The van der Waals surface area contributed by atoms with Crippen LogP contribution in [-0.4, -0.2) is 10.6 Å². The summed E-state index contributed by atoms with van der Waals surface area (Å²) in [6.07, 6.45) is 0.